The third-order valence-corrected chi connectivity index (χ3v) is 5.80. The van der Waals surface area contributed by atoms with Gasteiger partial charge in [-0.3, -0.25) is 14.2 Å². The van der Waals surface area contributed by atoms with E-state index in [0.29, 0.717) is 35.2 Å². The molecule has 1 saturated heterocycles. The molecule has 0 radical (unpaired) electrons. The van der Waals surface area contributed by atoms with Gasteiger partial charge in [0.15, 0.2) is 0 Å². The molecule has 8 heteroatoms. The normalized spacial score (nSPS) is 14.7. The van der Waals surface area contributed by atoms with Crippen molar-refractivity contribution in [2.45, 2.75) is 20.0 Å². The summed E-state index contributed by atoms with van der Waals surface area (Å²) in [5.41, 5.74) is 3.32. The Kier molecular flexibility index (Phi) is 5.90. The molecular weight excluding hydrogens is 394 g/mol. The van der Waals surface area contributed by atoms with E-state index in [0.717, 1.165) is 31.7 Å². The lowest BCUT2D eigenvalue weighted by molar-refractivity contribution is 0.0664. The van der Waals surface area contributed by atoms with Crippen LogP contribution in [-0.2, 0) is 13.1 Å². The van der Waals surface area contributed by atoms with Gasteiger partial charge in [-0.1, -0.05) is 12.1 Å². The molecule has 2 amide bonds. The molecule has 0 saturated carbocycles. The molecule has 1 aliphatic rings. The van der Waals surface area contributed by atoms with Crippen LogP contribution in [0.3, 0.4) is 0 Å². The quantitative estimate of drug-likeness (QED) is 0.656. The number of fused-ring (bicyclic) bond motifs is 1. The van der Waals surface area contributed by atoms with Crippen molar-refractivity contribution in [1.29, 1.82) is 0 Å². The molecule has 2 heterocycles. The molecule has 2 aromatic carbocycles. The number of aromatic nitrogens is 2. The predicted molar refractivity (Wildman–Crippen MR) is 119 cm³/mol. The minimum atomic E-state index is -0.212. The van der Waals surface area contributed by atoms with Crippen LogP contribution in [0, 0.1) is 0 Å². The third-order valence-electron chi connectivity index (χ3n) is 5.80. The fourth-order valence-corrected chi connectivity index (χ4v) is 3.85. The van der Waals surface area contributed by atoms with E-state index in [2.05, 4.69) is 22.2 Å². The van der Waals surface area contributed by atoms with E-state index in [1.807, 2.05) is 36.1 Å². The smallest absolute Gasteiger partial charge is 0.326 e. The van der Waals surface area contributed by atoms with Gasteiger partial charge in [0.25, 0.3) is 11.8 Å². The molecule has 1 aliphatic heterocycles. The number of imidazole rings is 1. The number of benzene rings is 2. The van der Waals surface area contributed by atoms with E-state index in [4.69, 9.17) is 0 Å². The molecule has 0 spiro atoms. The van der Waals surface area contributed by atoms with Gasteiger partial charge < -0.3 is 20.1 Å². The lowest BCUT2D eigenvalue weighted by Gasteiger charge is -2.32. The number of carbonyl (C=O) groups excluding carboxylic acids is 2. The topological polar surface area (TPSA) is 90.4 Å². The van der Waals surface area contributed by atoms with E-state index in [1.54, 1.807) is 22.8 Å². The first-order valence-electron chi connectivity index (χ1n) is 10.5. The van der Waals surface area contributed by atoms with Crippen LogP contribution < -0.4 is 11.0 Å². The number of hydrogen-bond donors (Lipinski definition) is 2. The SMILES string of the molecule is CCn1c(=O)[nH]c2ccc(C(=O)NCc3ccc(C(=O)N4CCN(C)CC4)cc3)cc21. The highest BCUT2D eigenvalue weighted by Crippen LogP contribution is 2.14. The lowest BCUT2D eigenvalue weighted by atomic mass is 10.1. The monoisotopic (exact) mass is 421 g/mol. The molecule has 31 heavy (non-hydrogen) atoms. The van der Waals surface area contributed by atoms with Crippen LogP contribution in [0.2, 0.25) is 0 Å². The third kappa shape index (κ3) is 4.39. The summed E-state index contributed by atoms with van der Waals surface area (Å²) in [7, 11) is 2.06. The number of rotatable bonds is 5. The van der Waals surface area contributed by atoms with E-state index in [9.17, 15) is 14.4 Å². The molecule has 1 fully saturated rings. The Bertz CT molecular complexity index is 1150. The van der Waals surface area contributed by atoms with Crippen molar-refractivity contribution in [1.82, 2.24) is 24.7 Å². The van der Waals surface area contributed by atoms with Gasteiger partial charge in [0.2, 0.25) is 0 Å². The van der Waals surface area contributed by atoms with Crippen LogP contribution in [0.1, 0.15) is 33.2 Å². The zero-order valence-corrected chi connectivity index (χ0v) is 17.9. The molecule has 162 valence electrons. The highest BCUT2D eigenvalue weighted by Gasteiger charge is 2.20. The second-order valence-electron chi connectivity index (χ2n) is 7.88. The maximum atomic E-state index is 12.6. The van der Waals surface area contributed by atoms with Gasteiger partial charge in [0.1, 0.15) is 0 Å². The summed E-state index contributed by atoms with van der Waals surface area (Å²) < 4.78 is 1.60. The highest BCUT2D eigenvalue weighted by molar-refractivity contribution is 5.97. The summed E-state index contributed by atoms with van der Waals surface area (Å²) in [4.78, 5) is 44.1. The van der Waals surface area contributed by atoms with Crippen LogP contribution in [-0.4, -0.2) is 64.4 Å². The summed E-state index contributed by atoms with van der Waals surface area (Å²) in [6.45, 7) is 6.03. The average molecular weight is 422 g/mol. The number of likely N-dealkylation sites (N-methyl/N-ethyl adjacent to an activating group) is 1. The molecule has 3 aromatic rings. The van der Waals surface area contributed by atoms with Gasteiger partial charge in [-0.25, -0.2) is 4.79 Å². The minimum Gasteiger partial charge on any atom is -0.348 e. The summed E-state index contributed by atoms with van der Waals surface area (Å²) in [6.07, 6.45) is 0. The van der Waals surface area contributed by atoms with Crippen molar-refractivity contribution < 1.29 is 9.59 Å². The molecule has 0 unspecified atom stereocenters. The predicted octanol–water partition coefficient (Wildman–Crippen LogP) is 1.67. The Morgan fingerprint density at radius 3 is 2.35 bits per heavy atom. The van der Waals surface area contributed by atoms with Crippen LogP contribution in [0.15, 0.2) is 47.3 Å². The number of aromatic amines is 1. The van der Waals surface area contributed by atoms with Gasteiger partial charge in [-0.05, 0) is 49.9 Å². The van der Waals surface area contributed by atoms with E-state index in [-0.39, 0.29) is 17.5 Å². The first-order chi connectivity index (χ1) is 15.0. The second kappa shape index (κ2) is 8.77. The van der Waals surface area contributed by atoms with E-state index < -0.39 is 0 Å². The number of nitrogens with one attached hydrogen (secondary N) is 2. The Morgan fingerprint density at radius 1 is 1.00 bits per heavy atom. The van der Waals surface area contributed by atoms with Crippen LogP contribution in [0.4, 0.5) is 0 Å². The summed E-state index contributed by atoms with van der Waals surface area (Å²) in [5.74, 6) is -0.166. The first kappa shape index (κ1) is 20.9. The summed E-state index contributed by atoms with van der Waals surface area (Å²) in [5, 5.41) is 2.90. The number of piperazine rings is 1. The van der Waals surface area contributed by atoms with Gasteiger partial charge in [0.05, 0.1) is 11.0 Å². The van der Waals surface area contributed by atoms with Crippen molar-refractivity contribution in [2.75, 3.05) is 33.2 Å². The molecule has 8 nitrogen and oxygen atoms in total. The summed E-state index contributed by atoms with van der Waals surface area (Å²) >= 11 is 0. The van der Waals surface area contributed by atoms with E-state index >= 15 is 0 Å². The zero-order chi connectivity index (χ0) is 22.0. The first-order valence-corrected chi connectivity index (χ1v) is 10.5. The van der Waals surface area contributed by atoms with Crippen molar-refractivity contribution in [2.24, 2.45) is 0 Å². The Labute approximate surface area is 180 Å². The molecule has 0 bridgehead atoms. The number of amides is 2. The molecule has 2 N–H and O–H groups in total. The van der Waals surface area contributed by atoms with Gasteiger partial charge in [0, 0.05) is 50.4 Å². The molecule has 0 atom stereocenters. The fraction of sp³-hybridized carbons (Fsp3) is 0.348. The molecular formula is C23H27N5O3. The van der Waals surface area contributed by atoms with Crippen LogP contribution in [0.25, 0.3) is 11.0 Å². The minimum absolute atomic E-state index is 0.0467. The average Bonchev–Trinajstić information content (AvgIpc) is 3.11. The maximum absolute atomic E-state index is 12.6. The zero-order valence-electron chi connectivity index (χ0n) is 17.9. The largest absolute Gasteiger partial charge is 0.348 e. The number of nitrogens with zero attached hydrogens (tertiary/aromatic N) is 3. The Balaban J connectivity index is 1.39. The Morgan fingerprint density at radius 2 is 1.68 bits per heavy atom. The molecule has 4 rings (SSSR count). The number of aryl methyl sites for hydroxylation is 1. The van der Waals surface area contributed by atoms with Crippen molar-refractivity contribution >= 4 is 22.8 Å². The lowest BCUT2D eigenvalue weighted by Crippen LogP contribution is -2.47. The van der Waals surface area contributed by atoms with Crippen LogP contribution >= 0.6 is 0 Å². The van der Waals surface area contributed by atoms with Gasteiger partial charge in [-0.15, -0.1) is 0 Å². The van der Waals surface area contributed by atoms with Crippen LogP contribution in [0.5, 0.6) is 0 Å². The Hall–Kier alpha value is -3.39. The summed E-state index contributed by atoms with van der Waals surface area (Å²) in [6, 6.07) is 12.5. The number of H-pyrrole nitrogens is 1. The standard InChI is InChI=1S/C23H27N5O3/c1-3-28-20-14-18(8-9-19(20)25-23(28)31)21(29)24-15-16-4-6-17(7-5-16)22(30)27-12-10-26(2)11-13-27/h4-9,14H,3,10-13,15H2,1-2H3,(H,24,29)(H,25,31). The fourth-order valence-electron chi connectivity index (χ4n) is 3.85. The van der Waals surface area contributed by atoms with Gasteiger partial charge >= 0.3 is 5.69 Å². The second-order valence-corrected chi connectivity index (χ2v) is 7.88. The van der Waals surface area contributed by atoms with Crippen molar-refractivity contribution in [3.63, 3.8) is 0 Å². The van der Waals surface area contributed by atoms with E-state index in [1.165, 1.54) is 0 Å². The van der Waals surface area contributed by atoms with Crippen molar-refractivity contribution in [3.05, 3.63) is 69.6 Å². The number of carbonyl (C=O) groups is 2. The van der Waals surface area contributed by atoms with Gasteiger partial charge in [-0.2, -0.15) is 0 Å². The maximum Gasteiger partial charge on any atom is 0.326 e. The molecule has 1 aromatic heterocycles. The number of hydrogen-bond acceptors (Lipinski definition) is 4. The van der Waals surface area contributed by atoms with Crippen molar-refractivity contribution in [3.8, 4) is 0 Å². The highest BCUT2D eigenvalue weighted by atomic mass is 16.2. The molecule has 0 aliphatic carbocycles.